The second-order valence-electron chi connectivity index (χ2n) is 6.55. The molecule has 1 aliphatic rings. The van der Waals surface area contributed by atoms with E-state index in [-0.39, 0.29) is 6.10 Å². The van der Waals surface area contributed by atoms with Gasteiger partial charge in [-0.2, -0.15) is 0 Å². The Morgan fingerprint density at radius 3 is 2.42 bits per heavy atom. The van der Waals surface area contributed by atoms with Crippen molar-refractivity contribution in [3.63, 3.8) is 0 Å². The molecular formula is C19H28O5. The minimum Gasteiger partial charge on any atom is -0.494 e. The van der Waals surface area contributed by atoms with E-state index in [1.807, 2.05) is 24.3 Å². The molecule has 24 heavy (non-hydrogen) atoms. The Balaban J connectivity index is 1.83. The van der Waals surface area contributed by atoms with Crippen molar-refractivity contribution >= 4 is 6.16 Å². The molecule has 0 saturated heterocycles. The number of carbonyl (C=O) groups is 1. The van der Waals surface area contributed by atoms with Crippen LogP contribution in [0.5, 0.6) is 5.75 Å². The maximum atomic E-state index is 10.8. The Morgan fingerprint density at radius 1 is 1.17 bits per heavy atom. The number of ether oxygens (including phenoxy) is 2. The zero-order valence-corrected chi connectivity index (χ0v) is 14.4. The average Bonchev–Trinajstić information content (AvgIpc) is 2.57. The first-order chi connectivity index (χ1) is 11.5. The molecule has 1 fully saturated rings. The van der Waals surface area contributed by atoms with Crippen LogP contribution in [0.3, 0.4) is 0 Å². The van der Waals surface area contributed by atoms with Crippen LogP contribution in [0.4, 0.5) is 4.79 Å². The molecule has 5 heteroatoms. The van der Waals surface area contributed by atoms with Crippen LogP contribution in [0.25, 0.3) is 0 Å². The summed E-state index contributed by atoms with van der Waals surface area (Å²) in [4.78, 5) is 10.6. The van der Waals surface area contributed by atoms with Crippen molar-refractivity contribution in [3.05, 3.63) is 29.8 Å². The fourth-order valence-electron chi connectivity index (χ4n) is 3.20. The van der Waals surface area contributed by atoms with Crippen LogP contribution in [0, 0.1) is 0 Å². The van der Waals surface area contributed by atoms with E-state index >= 15 is 0 Å². The summed E-state index contributed by atoms with van der Waals surface area (Å²) in [5, 5.41) is 19.5. The van der Waals surface area contributed by atoms with Gasteiger partial charge in [0.1, 0.15) is 11.9 Å². The molecule has 1 saturated carbocycles. The third kappa shape index (κ3) is 5.41. The molecular weight excluding hydrogens is 308 g/mol. The van der Waals surface area contributed by atoms with Gasteiger partial charge in [0.25, 0.3) is 0 Å². The van der Waals surface area contributed by atoms with Crippen LogP contribution < -0.4 is 4.74 Å². The fraction of sp³-hybridized carbons (Fsp3) is 0.632. The number of rotatable bonds is 8. The van der Waals surface area contributed by atoms with Gasteiger partial charge in [0.2, 0.25) is 0 Å². The number of hydrogen-bond donors (Lipinski definition) is 2. The monoisotopic (exact) mass is 336 g/mol. The van der Waals surface area contributed by atoms with Gasteiger partial charge in [-0.1, -0.05) is 38.3 Å². The van der Waals surface area contributed by atoms with Crippen LogP contribution in [0.15, 0.2) is 24.3 Å². The average molecular weight is 336 g/mol. The molecule has 0 unspecified atom stereocenters. The third-order valence-electron chi connectivity index (χ3n) is 4.69. The zero-order valence-electron chi connectivity index (χ0n) is 14.4. The maximum absolute atomic E-state index is 10.8. The molecule has 0 heterocycles. The lowest BCUT2D eigenvalue weighted by Gasteiger charge is -2.35. The Bertz CT molecular complexity index is 503. The highest BCUT2D eigenvalue weighted by molar-refractivity contribution is 5.57. The molecule has 134 valence electrons. The van der Waals surface area contributed by atoms with Gasteiger partial charge in [-0.15, -0.1) is 0 Å². The van der Waals surface area contributed by atoms with Gasteiger partial charge in [-0.3, -0.25) is 0 Å². The summed E-state index contributed by atoms with van der Waals surface area (Å²) in [7, 11) is 0. The van der Waals surface area contributed by atoms with Crippen molar-refractivity contribution in [1.82, 2.24) is 0 Å². The lowest BCUT2D eigenvalue weighted by Crippen LogP contribution is -2.35. The van der Waals surface area contributed by atoms with Crippen molar-refractivity contribution in [3.8, 4) is 5.75 Å². The Morgan fingerprint density at radius 2 is 1.83 bits per heavy atom. The minimum absolute atomic E-state index is 0.312. The standard InChI is InChI=1S/C19H28O5/c1-2-3-4-5-14-23-16-8-6-15(7-9-16)19(22)12-10-17(11-13-19)24-18(20)21/h6-9,17,22H,2-5,10-14H2,1H3,(H,20,21). The molecule has 1 aromatic rings. The molecule has 0 spiro atoms. The molecule has 1 aliphatic carbocycles. The second-order valence-corrected chi connectivity index (χ2v) is 6.55. The number of aliphatic hydroxyl groups is 1. The van der Waals surface area contributed by atoms with Crippen molar-refractivity contribution in [2.24, 2.45) is 0 Å². The number of hydrogen-bond acceptors (Lipinski definition) is 4. The van der Waals surface area contributed by atoms with E-state index in [1.54, 1.807) is 0 Å². The molecule has 1 aromatic carbocycles. The molecule has 2 N–H and O–H groups in total. The smallest absolute Gasteiger partial charge is 0.494 e. The number of unbranched alkanes of at least 4 members (excludes halogenated alkanes) is 3. The highest BCUT2D eigenvalue weighted by atomic mass is 16.7. The van der Waals surface area contributed by atoms with Crippen LogP contribution in [0.1, 0.15) is 63.9 Å². The van der Waals surface area contributed by atoms with Gasteiger partial charge >= 0.3 is 6.16 Å². The Hall–Kier alpha value is -1.75. The van der Waals surface area contributed by atoms with E-state index in [4.69, 9.17) is 14.6 Å². The van der Waals surface area contributed by atoms with Gasteiger partial charge in [-0.25, -0.2) is 4.79 Å². The zero-order chi connectivity index (χ0) is 17.4. The van der Waals surface area contributed by atoms with Gasteiger partial charge < -0.3 is 19.7 Å². The summed E-state index contributed by atoms with van der Waals surface area (Å²) >= 11 is 0. The molecule has 0 amide bonds. The van der Waals surface area contributed by atoms with Crippen molar-refractivity contribution in [1.29, 1.82) is 0 Å². The largest absolute Gasteiger partial charge is 0.506 e. The van der Waals surface area contributed by atoms with Crippen molar-refractivity contribution < 1.29 is 24.5 Å². The van der Waals surface area contributed by atoms with Gasteiger partial charge in [-0.05, 0) is 49.8 Å². The molecule has 0 radical (unpaired) electrons. The highest BCUT2D eigenvalue weighted by Crippen LogP contribution is 2.38. The quantitative estimate of drug-likeness (QED) is 0.541. The van der Waals surface area contributed by atoms with Crippen molar-refractivity contribution in [2.75, 3.05) is 6.61 Å². The lowest BCUT2D eigenvalue weighted by atomic mass is 9.78. The minimum atomic E-state index is -1.24. The Kier molecular flexibility index (Phi) is 6.91. The summed E-state index contributed by atoms with van der Waals surface area (Å²) in [5.74, 6) is 0.821. The number of benzene rings is 1. The Labute approximate surface area is 143 Å². The van der Waals surface area contributed by atoms with E-state index in [2.05, 4.69) is 6.92 Å². The molecule has 0 aromatic heterocycles. The van der Waals surface area contributed by atoms with E-state index in [0.717, 1.165) is 24.3 Å². The molecule has 0 bridgehead atoms. The van der Waals surface area contributed by atoms with Crippen LogP contribution in [0.2, 0.25) is 0 Å². The molecule has 2 rings (SSSR count). The SMILES string of the molecule is CCCCCCOc1ccc(C2(O)CCC(OC(=O)O)CC2)cc1. The summed E-state index contributed by atoms with van der Waals surface area (Å²) < 4.78 is 10.5. The molecule has 0 atom stereocenters. The third-order valence-corrected chi connectivity index (χ3v) is 4.69. The summed E-state index contributed by atoms with van der Waals surface area (Å²) in [6.07, 6.45) is 5.23. The molecule has 0 aliphatic heterocycles. The summed E-state index contributed by atoms with van der Waals surface area (Å²) in [6, 6.07) is 7.60. The summed E-state index contributed by atoms with van der Waals surface area (Å²) in [6.45, 7) is 2.91. The van der Waals surface area contributed by atoms with Crippen LogP contribution >= 0.6 is 0 Å². The topological polar surface area (TPSA) is 76.0 Å². The van der Waals surface area contributed by atoms with E-state index < -0.39 is 11.8 Å². The van der Waals surface area contributed by atoms with E-state index in [0.29, 0.717) is 25.7 Å². The first-order valence-electron chi connectivity index (χ1n) is 8.89. The highest BCUT2D eigenvalue weighted by Gasteiger charge is 2.36. The van der Waals surface area contributed by atoms with Gasteiger partial charge in [0.15, 0.2) is 0 Å². The predicted molar refractivity (Wildman–Crippen MR) is 91.3 cm³/mol. The first kappa shape index (κ1) is 18.6. The second kappa shape index (κ2) is 8.92. The number of carboxylic acid groups (broad SMARTS) is 1. The van der Waals surface area contributed by atoms with Gasteiger partial charge in [0, 0.05) is 0 Å². The molecule has 5 nitrogen and oxygen atoms in total. The maximum Gasteiger partial charge on any atom is 0.506 e. The van der Waals surface area contributed by atoms with E-state index in [9.17, 15) is 9.90 Å². The lowest BCUT2D eigenvalue weighted by molar-refractivity contribution is -0.0481. The summed E-state index contributed by atoms with van der Waals surface area (Å²) in [5.41, 5.74) is -0.0486. The normalized spacial score (nSPS) is 23.7. The van der Waals surface area contributed by atoms with Crippen LogP contribution in [-0.4, -0.2) is 29.1 Å². The fourth-order valence-corrected chi connectivity index (χ4v) is 3.20. The van der Waals surface area contributed by atoms with Gasteiger partial charge in [0.05, 0.1) is 12.2 Å². The van der Waals surface area contributed by atoms with Crippen LogP contribution in [-0.2, 0) is 10.3 Å². The predicted octanol–water partition coefficient (Wildman–Crippen LogP) is 4.47. The van der Waals surface area contributed by atoms with E-state index in [1.165, 1.54) is 19.3 Å². The first-order valence-corrected chi connectivity index (χ1v) is 8.89. The van der Waals surface area contributed by atoms with Crippen molar-refractivity contribution in [2.45, 2.75) is 70.0 Å².